The van der Waals surface area contributed by atoms with Crippen molar-refractivity contribution in [2.45, 2.75) is 25.8 Å². The van der Waals surface area contributed by atoms with Gasteiger partial charge in [0, 0.05) is 30.5 Å². The van der Waals surface area contributed by atoms with Crippen molar-refractivity contribution in [3.8, 4) is 11.3 Å². The van der Waals surface area contributed by atoms with E-state index in [1.807, 2.05) is 36.5 Å². The fourth-order valence-corrected chi connectivity index (χ4v) is 3.82. The van der Waals surface area contributed by atoms with Gasteiger partial charge >= 0.3 is 0 Å². The summed E-state index contributed by atoms with van der Waals surface area (Å²) in [4.78, 5) is 11.7. The van der Waals surface area contributed by atoms with Gasteiger partial charge in [-0.2, -0.15) is 5.10 Å². The van der Waals surface area contributed by atoms with Crippen LogP contribution in [0.2, 0.25) is 0 Å². The molecule has 1 saturated heterocycles. The third kappa shape index (κ3) is 3.07. The Labute approximate surface area is 163 Å². The summed E-state index contributed by atoms with van der Waals surface area (Å²) in [6.07, 6.45) is 6.07. The Hall–Kier alpha value is -3.41. The zero-order chi connectivity index (χ0) is 18.9. The van der Waals surface area contributed by atoms with Gasteiger partial charge in [0.25, 0.3) is 0 Å². The van der Waals surface area contributed by atoms with Crippen LogP contribution in [0.5, 0.6) is 0 Å². The predicted molar refractivity (Wildman–Crippen MR) is 112 cm³/mol. The summed E-state index contributed by atoms with van der Waals surface area (Å²) in [5, 5.41) is 8.14. The van der Waals surface area contributed by atoms with E-state index < -0.39 is 0 Å². The van der Waals surface area contributed by atoms with Crippen LogP contribution in [-0.2, 0) is 0 Å². The van der Waals surface area contributed by atoms with Crippen LogP contribution in [0.1, 0.15) is 19.8 Å². The Balaban J connectivity index is 1.52. The molecule has 4 aromatic rings. The molecule has 0 saturated carbocycles. The first-order valence-corrected chi connectivity index (χ1v) is 9.68. The Morgan fingerprint density at radius 1 is 1.07 bits per heavy atom. The Bertz CT molecular complexity index is 1100. The van der Waals surface area contributed by atoms with E-state index in [4.69, 9.17) is 4.98 Å². The van der Waals surface area contributed by atoms with Crippen LogP contribution in [0.4, 0.5) is 17.3 Å². The van der Waals surface area contributed by atoms with E-state index in [0.717, 1.165) is 40.8 Å². The van der Waals surface area contributed by atoms with Crippen LogP contribution in [0.25, 0.3) is 16.9 Å². The molecular formula is C22H22N6. The molecule has 140 valence electrons. The lowest BCUT2D eigenvalue weighted by Crippen LogP contribution is -2.27. The number of fused-ring (bicyclic) bond motifs is 1. The van der Waals surface area contributed by atoms with Crippen molar-refractivity contribution in [2.75, 3.05) is 16.8 Å². The number of nitrogens with one attached hydrogen (secondary N) is 1. The molecule has 0 radical (unpaired) electrons. The monoisotopic (exact) mass is 370 g/mol. The fourth-order valence-electron chi connectivity index (χ4n) is 3.82. The van der Waals surface area contributed by atoms with Crippen LogP contribution in [-0.4, -0.2) is 32.2 Å². The first kappa shape index (κ1) is 16.7. The average Bonchev–Trinajstić information content (AvgIpc) is 3.38. The van der Waals surface area contributed by atoms with Crippen LogP contribution in [0, 0.1) is 0 Å². The quantitative estimate of drug-likeness (QED) is 0.572. The molecule has 0 amide bonds. The average molecular weight is 370 g/mol. The molecule has 4 heterocycles. The molecule has 1 unspecified atom stereocenters. The third-order valence-corrected chi connectivity index (χ3v) is 5.27. The highest BCUT2D eigenvalue weighted by atomic mass is 15.3. The van der Waals surface area contributed by atoms with E-state index in [2.05, 4.69) is 51.5 Å². The second kappa shape index (κ2) is 6.96. The smallest absolute Gasteiger partial charge is 0.177 e. The maximum atomic E-state index is 4.85. The molecule has 1 aliphatic rings. The second-order valence-corrected chi connectivity index (χ2v) is 7.20. The van der Waals surface area contributed by atoms with Gasteiger partial charge in [-0.3, -0.25) is 0 Å². The number of hydrogen-bond donors (Lipinski definition) is 1. The van der Waals surface area contributed by atoms with Crippen LogP contribution >= 0.6 is 0 Å². The molecule has 28 heavy (non-hydrogen) atoms. The van der Waals surface area contributed by atoms with E-state index in [0.29, 0.717) is 6.04 Å². The van der Waals surface area contributed by atoms with E-state index in [9.17, 15) is 0 Å². The van der Waals surface area contributed by atoms with Crippen molar-refractivity contribution in [1.82, 2.24) is 19.6 Å². The summed E-state index contributed by atoms with van der Waals surface area (Å²) in [6, 6.07) is 18.9. The van der Waals surface area contributed by atoms with Gasteiger partial charge in [-0.25, -0.2) is 14.5 Å². The molecule has 5 rings (SSSR count). The molecule has 1 N–H and O–H groups in total. The maximum absolute atomic E-state index is 4.85. The van der Waals surface area contributed by atoms with Gasteiger partial charge in [0.2, 0.25) is 0 Å². The lowest BCUT2D eigenvalue weighted by atomic mass is 10.1. The molecule has 1 aliphatic heterocycles. The van der Waals surface area contributed by atoms with Gasteiger partial charge in [-0.15, -0.1) is 0 Å². The summed E-state index contributed by atoms with van der Waals surface area (Å²) < 4.78 is 1.80. The van der Waals surface area contributed by atoms with Crippen molar-refractivity contribution in [2.24, 2.45) is 0 Å². The highest BCUT2D eigenvalue weighted by Crippen LogP contribution is 2.28. The number of imidazole rings is 1. The molecule has 1 aromatic carbocycles. The largest absolute Gasteiger partial charge is 0.354 e. The molecular weight excluding hydrogens is 348 g/mol. The molecule has 6 nitrogen and oxygen atoms in total. The number of nitrogens with zero attached hydrogens (tertiary/aromatic N) is 5. The Morgan fingerprint density at radius 2 is 1.96 bits per heavy atom. The zero-order valence-electron chi connectivity index (χ0n) is 15.8. The van der Waals surface area contributed by atoms with E-state index in [-0.39, 0.29) is 0 Å². The van der Waals surface area contributed by atoms with Gasteiger partial charge < -0.3 is 10.2 Å². The topological polar surface area (TPSA) is 58.4 Å². The SMILES string of the molecule is CC1CCCN1c1cccc(Nc2cc(-c3ccccc3)nn3ccnc23)n1. The van der Waals surface area contributed by atoms with Crippen molar-refractivity contribution < 1.29 is 0 Å². The number of hydrogen-bond acceptors (Lipinski definition) is 5. The normalized spacial score (nSPS) is 16.6. The minimum atomic E-state index is 0.535. The summed E-state index contributed by atoms with van der Waals surface area (Å²) in [5.41, 5.74) is 3.62. The molecule has 0 aliphatic carbocycles. The maximum Gasteiger partial charge on any atom is 0.177 e. The lowest BCUT2D eigenvalue weighted by molar-refractivity contribution is 0.727. The summed E-state index contributed by atoms with van der Waals surface area (Å²) in [6.45, 7) is 3.33. The van der Waals surface area contributed by atoms with E-state index in [1.54, 1.807) is 10.7 Å². The second-order valence-electron chi connectivity index (χ2n) is 7.20. The Kier molecular flexibility index (Phi) is 4.16. The standard InChI is InChI=1S/C22H22N6/c1-16-7-6-13-27(16)21-11-5-10-20(25-21)24-19-15-18(17-8-3-2-4-9-17)26-28-14-12-23-22(19)28/h2-5,8-12,14-16H,6-7,13H2,1H3,(H,24,25). The molecule has 1 fully saturated rings. The number of pyridine rings is 1. The Morgan fingerprint density at radius 3 is 2.79 bits per heavy atom. The fraction of sp³-hybridized carbons (Fsp3) is 0.227. The highest BCUT2D eigenvalue weighted by Gasteiger charge is 2.21. The van der Waals surface area contributed by atoms with E-state index >= 15 is 0 Å². The molecule has 1 atom stereocenters. The number of benzene rings is 1. The van der Waals surface area contributed by atoms with E-state index in [1.165, 1.54) is 12.8 Å². The lowest BCUT2D eigenvalue weighted by Gasteiger charge is -2.23. The minimum Gasteiger partial charge on any atom is -0.354 e. The van der Waals surface area contributed by atoms with Crippen molar-refractivity contribution in [3.05, 3.63) is 67.0 Å². The van der Waals surface area contributed by atoms with Gasteiger partial charge in [0.1, 0.15) is 11.6 Å². The summed E-state index contributed by atoms with van der Waals surface area (Å²) in [5.74, 6) is 1.83. The molecule has 3 aromatic heterocycles. The third-order valence-electron chi connectivity index (χ3n) is 5.27. The summed E-state index contributed by atoms with van der Waals surface area (Å²) in [7, 11) is 0. The minimum absolute atomic E-state index is 0.535. The molecule has 0 spiro atoms. The van der Waals surface area contributed by atoms with Crippen LogP contribution < -0.4 is 10.2 Å². The number of rotatable bonds is 4. The van der Waals surface area contributed by atoms with Gasteiger partial charge in [-0.05, 0) is 38.0 Å². The molecule has 0 bridgehead atoms. The number of anilines is 3. The first-order chi connectivity index (χ1) is 13.8. The summed E-state index contributed by atoms with van der Waals surface area (Å²) >= 11 is 0. The van der Waals surface area contributed by atoms with Crippen molar-refractivity contribution in [1.29, 1.82) is 0 Å². The van der Waals surface area contributed by atoms with Crippen LogP contribution in [0.3, 0.4) is 0 Å². The van der Waals surface area contributed by atoms with Crippen LogP contribution in [0.15, 0.2) is 67.0 Å². The van der Waals surface area contributed by atoms with Gasteiger partial charge in [-0.1, -0.05) is 36.4 Å². The highest BCUT2D eigenvalue weighted by molar-refractivity contribution is 5.77. The van der Waals surface area contributed by atoms with Gasteiger partial charge in [0.05, 0.1) is 11.4 Å². The van der Waals surface area contributed by atoms with Crippen molar-refractivity contribution in [3.63, 3.8) is 0 Å². The van der Waals surface area contributed by atoms with Crippen molar-refractivity contribution >= 4 is 23.0 Å². The predicted octanol–water partition coefficient (Wildman–Crippen LogP) is 4.52. The number of aromatic nitrogens is 4. The molecule has 6 heteroatoms. The zero-order valence-corrected chi connectivity index (χ0v) is 15.8. The first-order valence-electron chi connectivity index (χ1n) is 9.68. The van der Waals surface area contributed by atoms with Gasteiger partial charge in [0.15, 0.2) is 5.65 Å².